The van der Waals surface area contributed by atoms with Crippen molar-refractivity contribution in [1.82, 2.24) is 20.2 Å². The number of nitrogens with zero attached hydrogens (tertiary/aromatic N) is 3. The molecule has 0 aromatic carbocycles. The smallest absolute Gasteiger partial charge is 0.257 e. The summed E-state index contributed by atoms with van der Waals surface area (Å²) >= 11 is 1.99. The van der Waals surface area contributed by atoms with Crippen molar-refractivity contribution in [3.05, 3.63) is 24.3 Å². The van der Waals surface area contributed by atoms with E-state index in [1.54, 1.807) is 19.5 Å². The van der Waals surface area contributed by atoms with Crippen LogP contribution in [0.4, 0.5) is 0 Å². The van der Waals surface area contributed by atoms with E-state index in [9.17, 15) is 4.79 Å². The van der Waals surface area contributed by atoms with Crippen LogP contribution < -0.4 is 5.32 Å². The van der Waals surface area contributed by atoms with Crippen molar-refractivity contribution in [2.75, 3.05) is 39.1 Å². The van der Waals surface area contributed by atoms with Crippen LogP contribution in [0.25, 0.3) is 0 Å². The summed E-state index contributed by atoms with van der Waals surface area (Å²) in [7, 11) is 1.72. The van der Waals surface area contributed by atoms with Gasteiger partial charge in [0.25, 0.3) is 5.91 Å². The molecular formula is C14H20N4O2S. The van der Waals surface area contributed by atoms with Gasteiger partial charge in [-0.3, -0.25) is 4.79 Å². The lowest BCUT2D eigenvalue weighted by Crippen LogP contribution is -2.61. The summed E-state index contributed by atoms with van der Waals surface area (Å²) in [5.74, 6) is 1.15. The van der Waals surface area contributed by atoms with Gasteiger partial charge in [0.15, 0.2) is 0 Å². The quantitative estimate of drug-likeness (QED) is 0.795. The Kier molecular flexibility index (Phi) is 4.42. The van der Waals surface area contributed by atoms with Crippen LogP contribution in [0.3, 0.4) is 0 Å². The number of hydrogen-bond acceptors (Lipinski definition) is 6. The summed E-state index contributed by atoms with van der Waals surface area (Å²) < 4.78 is 5.30. The summed E-state index contributed by atoms with van der Waals surface area (Å²) in [5.41, 5.74) is 0.574. The van der Waals surface area contributed by atoms with E-state index in [-0.39, 0.29) is 10.7 Å². The highest BCUT2D eigenvalue weighted by Gasteiger charge is 2.50. The number of aromatic nitrogens is 2. The molecule has 114 valence electrons. The van der Waals surface area contributed by atoms with Gasteiger partial charge in [-0.1, -0.05) is 0 Å². The van der Waals surface area contributed by atoms with E-state index in [0.29, 0.717) is 11.6 Å². The number of carbonyl (C=O) groups excluding carboxylic acids is 1. The molecular weight excluding hydrogens is 288 g/mol. The van der Waals surface area contributed by atoms with Gasteiger partial charge < -0.3 is 15.0 Å². The molecule has 7 heteroatoms. The Balaban J connectivity index is 1.48. The molecule has 2 aliphatic rings. The molecule has 2 saturated heterocycles. The number of thioether (sulfide) groups is 1. The minimum absolute atomic E-state index is 0.0395. The molecule has 1 amide bonds. The van der Waals surface area contributed by atoms with Crippen LogP contribution in [0.1, 0.15) is 16.8 Å². The number of nitrogens with one attached hydrogen (secondary N) is 1. The molecule has 1 atom stereocenters. The summed E-state index contributed by atoms with van der Waals surface area (Å²) in [6.45, 7) is 3.29. The topological polar surface area (TPSA) is 67.3 Å². The van der Waals surface area contributed by atoms with Crippen molar-refractivity contribution in [2.24, 2.45) is 0 Å². The van der Waals surface area contributed by atoms with Crippen LogP contribution in [-0.4, -0.2) is 70.7 Å². The van der Waals surface area contributed by atoms with Crippen LogP contribution >= 0.6 is 11.8 Å². The van der Waals surface area contributed by atoms with Crippen molar-refractivity contribution in [3.8, 4) is 0 Å². The van der Waals surface area contributed by atoms with Gasteiger partial charge in [0.2, 0.25) is 0 Å². The molecule has 6 nitrogen and oxygen atoms in total. The number of rotatable bonds is 5. The van der Waals surface area contributed by atoms with Crippen LogP contribution in [0.15, 0.2) is 18.7 Å². The average molecular weight is 308 g/mol. The van der Waals surface area contributed by atoms with Gasteiger partial charge in [0, 0.05) is 50.9 Å². The second-order valence-electron chi connectivity index (χ2n) is 5.63. The average Bonchev–Trinajstić information content (AvgIpc) is 2.91. The van der Waals surface area contributed by atoms with Gasteiger partial charge in [-0.25, -0.2) is 9.97 Å². The van der Waals surface area contributed by atoms with Gasteiger partial charge in [-0.15, -0.1) is 11.8 Å². The van der Waals surface area contributed by atoms with Crippen LogP contribution in [-0.2, 0) is 4.74 Å². The zero-order valence-corrected chi connectivity index (χ0v) is 12.9. The molecule has 1 spiro atoms. The number of ether oxygens (including phenoxy) is 1. The first-order valence-electron chi connectivity index (χ1n) is 7.13. The molecule has 1 unspecified atom stereocenters. The molecule has 2 aliphatic heterocycles. The van der Waals surface area contributed by atoms with Crippen LogP contribution in [0.2, 0.25) is 0 Å². The van der Waals surface area contributed by atoms with E-state index >= 15 is 0 Å². The van der Waals surface area contributed by atoms with Crippen LogP contribution in [0.5, 0.6) is 0 Å². The largest absolute Gasteiger partial charge is 0.383 e. The Hall–Kier alpha value is -1.18. The lowest BCUT2D eigenvalue weighted by atomic mass is 9.91. The molecule has 1 N–H and O–H groups in total. The monoisotopic (exact) mass is 308 g/mol. The van der Waals surface area contributed by atoms with Gasteiger partial charge in [-0.05, 0) is 6.42 Å². The van der Waals surface area contributed by atoms with Gasteiger partial charge in [-0.2, -0.15) is 0 Å². The Morgan fingerprint density at radius 1 is 1.52 bits per heavy atom. The second kappa shape index (κ2) is 6.29. The predicted octanol–water partition coefficient (Wildman–Crippen LogP) is 0.413. The summed E-state index contributed by atoms with van der Waals surface area (Å²) in [4.78, 5) is 22.0. The highest BCUT2D eigenvalue weighted by Crippen LogP contribution is 2.45. The fourth-order valence-electron chi connectivity index (χ4n) is 2.95. The third-order valence-electron chi connectivity index (χ3n) is 4.00. The second-order valence-corrected chi connectivity index (χ2v) is 7.12. The number of hydrogen-bond donors (Lipinski definition) is 1. The highest BCUT2D eigenvalue weighted by atomic mass is 32.2. The first-order valence-corrected chi connectivity index (χ1v) is 8.12. The molecule has 2 fully saturated rings. The molecule has 3 rings (SSSR count). The normalized spacial score (nSPS) is 23.3. The number of carbonyl (C=O) groups is 1. The fraction of sp³-hybridized carbons (Fsp3) is 0.643. The molecule has 0 radical (unpaired) electrons. The standard InChI is InChI=1S/C14H20N4O2S/c1-20-3-2-17-12-4-14(21-7-12)8-18(9-14)13(19)11-5-15-10-16-6-11/h5-6,10,12,17H,2-4,7-9H2,1H3. The first-order chi connectivity index (χ1) is 10.2. The Morgan fingerprint density at radius 2 is 2.29 bits per heavy atom. The van der Waals surface area contributed by atoms with Gasteiger partial charge in [0.05, 0.1) is 16.9 Å². The maximum Gasteiger partial charge on any atom is 0.257 e. The van der Waals surface area contributed by atoms with Crippen molar-refractivity contribution < 1.29 is 9.53 Å². The van der Waals surface area contributed by atoms with E-state index in [4.69, 9.17) is 4.74 Å². The lowest BCUT2D eigenvalue weighted by molar-refractivity contribution is 0.0550. The molecule has 21 heavy (non-hydrogen) atoms. The van der Waals surface area contributed by atoms with Crippen molar-refractivity contribution in [3.63, 3.8) is 0 Å². The van der Waals surface area contributed by atoms with E-state index in [1.807, 2.05) is 16.7 Å². The van der Waals surface area contributed by atoms with E-state index in [0.717, 1.165) is 38.4 Å². The van der Waals surface area contributed by atoms with E-state index in [2.05, 4.69) is 15.3 Å². The zero-order chi connectivity index (χ0) is 14.7. The fourth-order valence-corrected chi connectivity index (χ4v) is 4.55. The molecule has 0 saturated carbocycles. The van der Waals surface area contributed by atoms with E-state index in [1.165, 1.54) is 6.33 Å². The summed E-state index contributed by atoms with van der Waals surface area (Å²) in [5, 5.41) is 3.51. The predicted molar refractivity (Wildman–Crippen MR) is 81.4 cm³/mol. The lowest BCUT2D eigenvalue weighted by Gasteiger charge is -2.47. The van der Waals surface area contributed by atoms with E-state index < -0.39 is 0 Å². The number of amides is 1. The Labute approximate surface area is 128 Å². The maximum absolute atomic E-state index is 12.3. The maximum atomic E-state index is 12.3. The minimum Gasteiger partial charge on any atom is -0.383 e. The summed E-state index contributed by atoms with van der Waals surface area (Å²) in [6, 6.07) is 0.530. The molecule has 1 aromatic rings. The molecule has 3 heterocycles. The highest BCUT2D eigenvalue weighted by molar-refractivity contribution is 8.01. The minimum atomic E-state index is 0.0395. The van der Waals surface area contributed by atoms with Crippen molar-refractivity contribution in [2.45, 2.75) is 17.2 Å². The van der Waals surface area contributed by atoms with Crippen LogP contribution in [0, 0.1) is 0 Å². The third kappa shape index (κ3) is 3.20. The molecule has 0 bridgehead atoms. The Bertz CT molecular complexity index is 493. The zero-order valence-electron chi connectivity index (χ0n) is 12.1. The number of likely N-dealkylation sites (tertiary alicyclic amines) is 1. The van der Waals surface area contributed by atoms with Gasteiger partial charge in [0.1, 0.15) is 6.33 Å². The third-order valence-corrected chi connectivity index (χ3v) is 5.61. The first kappa shape index (κ1) is 14.7. The van der Waals surface area contributed by atoms with Crippen molar-refractivity contribution >= 4 is 17.7 Å². The SMILES string of the molecule is COCCNC1CSC2(C1)CN(C(=O)c1cncnc1)C2. The Morgan fingerprint density at radius 3 is 3.00 bits per heavy atom. The molecule has 1 aromatic heterocycles. The summed E-state index contributed by atoms with van der Waals surface area (Å²) in [6.07, 6.45) is 5.72. The number of methoxy groups -OCH3 is 1. The van der Waals surface area contributed by atoms with Crippen molar-refractivity contribution in [1.29, 1.82) is 0 Å². The van der Waals surface area contributed by atoms with Gasteiger partial charge >= 0.3 is 0 Å². The molecule has 0 aliphatic carbocycles.